The molecule has 1 aromatic carbocycles. The van der Waals surface area contributed by atoms with Crippen LogP contribution in [-0.4, -0.2) is 5.97 Å². The predicted octanol–water partition coefficient (Wildman–Crippen LogP) is 2.28. The van der Waals surface area contributed by atoms with Gasteiger partial charge in [0, 0.05) is 20.4 Å². The maximum absolute atomic E-state index is 10.7. The van der Waals surface area contributed by atoms with Gasteiger partial charge in [0.2, 0.25) is 0 Å². The summed E-state index contributed by atoms with van der Waals surface area (Å²) < 4.78 is 4.84. The predicted molar refractivity (Wildman–Crippen MR) is 49.5 cm³/mol. The largest absolute Gasteiger partial charge is 0.483 e. The molecule has 13 heavy (non-hydrogen) atoms. The third-order valence-corrected chi connectivity index (χ3v) is 1.69. The molecule has 0 aliphatic heterocycles. The molecule has 0 atom stereocenters. The number of carbonyl (C=O) groups excluding carboxylic acids is 1. The van der Waals surface area contributed by atoms with E-state index < -0.39 is 0 Å². The van der Waals surface area contributed by atoms with Crippen LogP contribution in [-0.2, 0) is 36.6 Å². The quantitative estimate of drug-likeness (QED) is 0.561. The van der Waals surface area contributed by atoms with Crippen molar-refractivity contribution in [1.82, 2.24) is 0 Å². The first kappa shape index (κ1) is 12.7. The number of carbonyl (C=O) groups is 1. The monoisotopic (exact) mass is 414 g/mol. The van der Waals surface area contributed by atoms with Gasteiger partial charge in [0.15, 0.2) is 5.97 Å². The Hall–Kier alpha value is -0.298. The van der Waals surface area contributed by atoms with Crippen molar-refractivity contribution in [2.75, 3.05) is 0 Å². The van der Waals surface area contributed by atoms with E-state index in [-0.39, 0.29) is 26.4 Å². The Balaban J connectivity index is 0.00000144. The van der Waals surface area contributed by atoms with Crippen LogP contribution >= 0.6 is 15.9 Å². The molecule has 0 N–H and O–H groups in total. The molecule has 1 radical (unpaired) electrons. The van der Waals surface area contributed by atoms with Crippen LogP contribution in [0.15, 0.2) is 30.3 Å². The Morgan fingerprint density at radius 1 is 1.38 bits per heavy atom. The standard InChI is InChI=1S/C9H8BrO2.Re/c10-6-9(11)12-7-8-4-2-1-3-5-8;/h1-6H,7H2;/q-1;. The molecule has 0 bridgehead atoms. The average Bonchev–Trinajstić information content (AvgIpc) is 2.16. The summed E-state index contributed by atoms with van der Waals surface area (Å²) in [4.78, 5) is 10.7. The zero-order valence-electron chi connectivity index (χ0n) is 6.74. The van der Waals surface area contributed by atoms with Crippen LogP contribution < -0.4 is 0 Å². The van der Waals surface area contributed by atoms with Crippen LogP contribution in [0.5, 0.6) is 0 Å². The number of esters is 1. The van der Waals surface area contributed by atoms with Gasteiger partial charge in [-0.25, -0.2) is 5.33 Å². The van der Waals surface area contributed by atoms with E-state index in [1.165, 1.54) is 5.33 Å². The first-order valence-electron chi connectivity index (χ1n) is 3.47. The molecule has 0 spiro atoms. The van der Waals surface area contributed by atoms with Crippen molar-refractivity contribution in [3.8, 4) is 0 Å². The second kappa shape index (κ2) is 7.14. The minimum atomic E-state index is -0.362. The normalized spacial score (nSPS) is 8.38. The van der Waals surface area contributed by atoms with Crippen molar-refractivity contribution >= 4 is 21.9 Å². The van der Waals surface area contributed by atoms with Gasteiger partial charge in [-0.15, -0.1) is 0 Å². The SMILES string of the molecule is O=C([CH-]Br)OCc1ccccc1.[Re]. The Bertz CT molecular complexity index is 251. The van der Waals surface area contributed by atoms with Gasteiger partial charge >= 0.3 is 0 Å². The van der Waals surface area contributed by atoms with Gasteiger partial charge in [-0.1, -0.05) is 30.3 Å². The Labute approximate surface area is 99.4 Å². The third-order valence-electron chi connectivity index (χ3n) is 1.31. The Morgan fingerprint density at radius 3 is 2.54 bits per heavy atom. The van der Waals surface area contributed by atoms with Crippen LogP contribution in [0.3, 0.4) is 0 Å². The van der Waals surface area contributed by atoms with Crippen LogP contribution in [0.1, 0.15) is 5.56 Å². The summed E-state index contributed by atoms with van der Waals surface area (Å²) in [6, 6.07) is 9.53. The van der Waals surface area contributed by atoms with Gasteiger partial charge in [-0.05, 0) is 5.56 Å². The number of benzene rings is 1. The van der Waals surface area contributed by atoms with E-state index in [2.05, 4.69) is 15.9 Å². The molecule has 0 heterocycles. The van der Waals surface area contributed by atoms with E-state index in [1.807, 2.05) is 30.3 Å². The third kappa shape index (κ3) is 5.10. The molecule has 0 aliphatic rings. The van der Waals surface area contributed by atoms with Crippen molar-refractivity contribution in [3.63, 3.8) is 0 Å². The van der Waals surface area contributed by atoms with Crippen LogP contribution in [0.25, 0.3) is 0 Å². The van der Waals surface area contributed by atoms with Crippen molar-refractivity contribution in [1.29, 1.82) is 0 Å². The van der Waals surface area contributed by atoms with E-state index in [4.69, 9.17) is 4.74 Å². The number of hydrogen-bond donors (Lipinski definition) is 0. The van der Waals surface area contributed by atoms with Crippen molar-refractivity contribution in [2.45, 2.75) is 6.61 Å². The molecular formula is C9H8BrO2Re-. The zero-order valence-corrected chi connectivity index (χ0v) is 11.0. The fourth-order valence-electron chi connectivity index (χ4n) is 0.760. The summed E-state index contributed by atoms with van der Waals surface area (Å²) in [6.07, 6.45) is 0. The molecule has 1 aromatic rings. The van der Waals surface area contributed by atoms with Gasteiger partial charge in [-0.3, -0.25) is 20.7 Å². The topological polar surface area (TPSA) is 26.3 Å². The molecule has 0 fully saturated rings. The molecule has 1 rings (SSSR count). The summed E-state index contributed by atoms with van der Waals surface area (Å²) in [7, 11) is 0. The fourth-order valence-corrected chi connectivity index (χ4v) is 0.892. The Morgan fingerprint density at radius 2 is 2.00 bits per heavy atom. The van der Waals surface area contributed by atoms with Crippen molar-refractivity contribution in [3.05, 3.63) is 41.2 Å². The number of rotatable bonds is 3. The summed E-state index contributed by atoms with van der Waals surface area (Å²) >= 11 is 2.89. The Kier molecular flexibility index (Phi) is 6.98. The van der Waals surface area contributed by atoms with Crippen LogP contribution in [0.2, 0.25) is 0 Å². The molecular weight excluding hydrogens is 406 g/mol. The van der Waals surface area contributed by atoms with E-state index in [0.29, 0.717) is 6.61 Å². The van der Waals surface area contributed by atoms with Crippen LogP contribution in [0, 0.1) is 5.33 Å². The molecule has 2 nitrogen and oxygen atoms in total. The minimum Gasteiger partial charge on any atom is -0.483 e. The molecule has 0 saturated carbocycles. The maximum atomic E-state index is 10.7. The summed E-state index contributed by atoms with van der Waals surface area (Å²) in [5, 5.41) is 1.22. The van der Waals surface area contributed by atoms with Crippen molar-refractivity contribution in [2.24, 2.45) is 0 Å². The molecule has 0 saturated heterocycles. The molecule has 71 valence electrons. The van der Waals surface area contributed by atoms with Crippen molar-refractivity contribution < 1.29 is 30.0 Å². The van der Waals surface area contributed by atoms with Gasteiger partial charge in [0.1, 0.15) is 6.61 Å². The first-order valence-corrected chi connectivity index (χ1v) is 4.38. The van der Waals surface area contributed by atoms with Gasteiger partial charge in [-0.2, -0.15) is 0 Å². The summed E-state index contributed by atoms with van der Waals surface area (Å²) in [6.45, 7) is 0.321. The van der Waals surface area contributed by atoms with Gasteiger partial charge < -0.3 is 4.74 Å². The van der Waals surface area contributed by atoms with Gasteiger partial charge in [0.25, 0.3) is 0 Å². The molecule has 0 amide bonds. The van der Waals surface area contributed by atoms with E-state index in [0.717, 1.165) is 5.56 Å². The first-order chi connectivity index (χ1) is 5.83. The number of ether oxygens (including phenoxy) is 1. The second-order valence-electron chi connectivity index (χ2n) is 2.20. The smallest absolute Gasteiger partial charge is 0.177 e. The van der Waals surface area contributed by atoms with Crippen LogP contribution in [0.4, 0.5) is 0 Å². The number of halogens is 1. The molecule has 0 aliphatic carbocycles. The minimum absolute atomic E-state index is 0. The summed E-state index contributed by atoms with van der Waals surface area (Å²) in [5.74, 6) is -0.362. The van der Waals surface area contributed by atoms with Gasteiger partial charge in [0.05, 0.1) is 0 Å². The second-order valence-corrected chi connectivity index (χ2v) is 2.66. The zero-order chi connectivity index (χ0) is 8.81. The van der Waals surface area contributed by atoms with E-state index in [9.17, 15) is 4.79 Å². The maximum Gasteiger partial charge on any atom is 0.177 e. The number of hydrogen-bond acceptors (Lipinski definition) is 2. The molecule has 0 aromatic heterocycles. The molecule has 4 heteroatoms. The fraction of sp³-hybridized carbons (Fsp3) is 0.111. The average molecular weight is 414 g/mol. The van der Waals surface area contributed by atoms with E-state index in [1.54, 1.807) is 0 Å². The van der Waals surface area contributed by atoms with E-state index >= 15 is 0 Å². The molecule has 0 unspecified atom stereocenters. The summed E-state index contributed by atoms with van der Waals surface area (Å²) in [5.41, 5.74) is 0.986.